The van der Waals surface area contributed by atoms with Gasteiger partial charge in [0.25, 0.3) is 5.91 Å². The number of hydrogen-bond acceptors (Lipinski definition) is 2. The van der Waals surface area contributed by atoms with E-state index >= 15 is 0 Å². The van der Waals surface area contributed by atoms with Crippen LogP contribution in [-0.4, -0.2) is 29.2 Å². The van der Waals surface area contributed by atoms with Gasteiger partial charge in [-0.05, 0) is 56.9 Å². The van der Waals surface area contributed by atoms with Gasteiger partial charge in [0.1, 0.15) is 11.6 Å². The molecule has 1 aromatic rings. The zero-order valence-electron chi connectivity index (χ0n) is 12.0. The van der Waals surface area contributed by atoms with E-state index in [-0.39, 0.29) is 17.7 Å². The first-order valence-electron chi connectivity index (χ1n) is 7.05. The first kappa shape index (κ1) is 14.7. The number of likely N-dealkylation sites (tertiary alicyclic amines) is 1. The van der Waals surface area contributed by atoms with Crippen molar-refractivity contribution in [1.82, 2.24) is 4.90 Å². The van der Waals surface area contributed by atoms with E-state index in [0.717, 1.165) is 24.8 Å². The Labute approximate surface area is 118 Å². The third-order valence-corrected chi connectivity index (χ3v) is 3.70. The molecular formula is C16H20FNO2. The van der Waals surface area contributed by atoms with Gasteiger partial charge in [-0.2, -0.15) is 0 Å². The van der Waals surface area contributed by atoms with Crippen molar-refractivity contribution in [2.24, 2.45) is 0 Å². The second-order valence-corrected chi connectivity index (χ2v) is 5.57. The molecule has 108 valence electrons. The molecule has 1 fully saturated rings. The number of carbonyl (C=O) groups is 2. The Morgan fingerprint density at radius 3 is 2.70 bits per heavy atom. The molecule has 1 aliphatic rings. The van der Waals surface area contributed by atoms with Crippen LogP contribution in [0.2, 0.25) is 0 Å². The van der Waals surface area contributed by atoms with Gasteiger partial charge in [-0.1, -0.05) is 0 Å². The van der Waals surface area contributed by atoms with Crippen LogP contribution in [0, 0.1) is 12.7 Å². The number of piperidine rings is 1. The molecule has 0 radical (unpaired) electrons. The van der Waals surface area contributed by atoms with E-state index in [1.54, 1.807) is 24.8 Å². The van der Waals surface area contributed by atoms with Gasteiger partial charge in [0.15, 0.2) is 0 Å². The van der Waals surface area contributed by atoms with Crippen molar-refractivity contribution in [3.63, 3.8) is 0 Å². The standard InChI is InChI=1S/C16H20FNO2/c1-11-7-13(10-14(17)8-11)16(20)18-6-4-3-5-15(18)9-12(2)19/h7-8,10,15H,3-6,9H2,1-2H3. The largest absolute Gasteiger partial charge is 0.335 e. The summed E-state index contributed by atoms with van der Waals surface area (Å²) in [6, 6.07) is 4.33. The van der Waals surface area contributed by atoms with Crippen molar-refractivity contribution in [2.75, 3.05) is 6.54 Å². The van der Waals surface area contributed by atoms with Crippen molar-refractivity contribution in [2.45, 2.75) is 45.6 Å². The maximum absolute atomic E-state index is 13.4. The van der Waals surface area contributed by atoms with Crippen molar-refractivity contribution < 1.29 is 14.0 Å². The van der Waals surface area contributed by atoms with Crippen LogP contribution in [0.15, 0.2) is 18.2 Å². The molecule has 0 saturated carbocycles. The zero-order valence-corrected chi connectivity index (χ0v) is 12.0. The highest BCUT2D eigenvalue weighted by Gasteiger charge is 2.28. The number of carbonyl (C=O) groups excluding carboxylic acids is 2. The Hall–Kier alpha value is -1.71. The number of aryl methyl sites for hydroxylation is 1. The lowest BCUT2D eigenvalue weighted by molar-refractivity contribution is -0.118. The fraction of sp³-hybridized carbons (Fsp3) is 0.500. The van der Waals surface area contributed by atoms with Gasteiger partial charge in [0.05, 0.1) is 0 Å². The molecule has 1 heterocycles. The maximum atomic E-state index is 13.4. The van der Waals surface area contributed by atoms with Crippen LogP contribution in [0.5, 0.6) is 0 Å². The van der Waals surface area contributed by atoms with Crippen LogP contribution in [0.25, 0.3) is 0 Å². The van der Waals surface area contributed by atoms with E-state index in [0.29, 0.717) is 18.5 Å². The van der Waals surface area contributed by atoms with Crippen molar-refractivity contribution in [1.29, 1.82) is 0 Å². The van der Waals surface area contributed by atoms with E-state index in [1.807, 2.05) is 0 Å². The smallest absolute Gasteiger partial charge is 0.254 e. The van der Waals surface area contributed by atoms with Crippen LogP contribution in [-0.2, 0) is 4.79 Å². The molecule has 0 spiro atoms. The van der Waals surface area contributed by atoms with Gasteiger partial charge < -0.3 is 4.90 Å². The third kappa shape index (κ3) is 3.44. The molecule has 3 nitrogen and oxygen atoms in total. The van der Waals surface area contributed by atoms with E-state index in [1.165, 1.54) is 12.1 Å². The number of halogens is 1. The third-order valence-electron chi connectivity index (χ3n) is 3.70. The molecule has 1 unspecified atom stereocenters. The number of amides is 1. The van der Waals surface area contributed by atoms with Crippen molar-refractivity contribution in [3.05, 3.63) is 35.1 Å². The van der Waals surface area contributed by atoms with Crippen LogP contribution in [0.3, 0.4) is 0 Å². The average molecular weight is 277 g/mol. The van der Waals surface area contributed by atoms with Gasteiger partial charge in [0.2, 0.25) is 0 Å². The Morgan fingerprint density at radius 2 is 2.05 bits per heavy atom. The Balaban J connectivity index is 2.22. The topological polar surface area (TPSA) is 37.4 Å². The highest BCUT2D eigenvalue weighted by Crippen LogP contribution is 2.23. The van der Waals surface area contributed by atoms with Gasteiger partial charge in [-0.25, -0.2) is 4.39 Å². The van der Waals surface area contributed by atoms with Gasteiger partial charge >= 0.3 is 0 Å². The van der Waals surface area contributed by atoms with Gasteiger partial charge in [-0.3, -0.25) is 9.59 Å². The van der Waals surface area contributed by atoms with Crippen LogP contribution >= 0.6 is 0 Å². The quantitative estimate of drug-likeness (QED) is 0.851. The van der Waals surface area contributed by atoms with Crippen LogP contribution < -0.4 is 0 Å². The molecule has 20 heavy (non-hydrogen) atoms. The van der Waals surface area contributed by atoms with E-state index < -0.39 is 5.82 Å². The maximum Gasteiger partial charge on any atom is 0.254 e. The van der Waals surface area contributed by atoms with Crippen LogP contribution in [0.1, 0.15) is 48.5 Å². The number of rotatable bonds is 3. The minimum atomic E-state index is -0.395. The molecule has 0 aliphatic carbocycles. The lowest BCUT2D eigenvalue weighted by atomic mass is 9.96. The molecule has 1 saturated heterocycles. The highest BCUT2D eigenvalue weighted by molar-refractivity contribution is 5.95. The monoisotopic (exact) mass is 277 g/mol. The van der Waals surface area contributed by atoms with E-state index in [4.69, 9.17) is 0 Å². The summed E-state index contributed by atoms with van der Waals surface area (Å²) in [5.41, 5.74) is 1.10. The Kier molecular flexibility index (Phi) is 4.53. The summed E-state index contributed by atoms with van der Waals surface area (Å²) in [4.78, 5) is 25.6. The zero-order chi connectivity index (χ0) is 14.7. The first-order valence-corrected chi connectivity index (χ1v) is 7.05. The summed E-state index contributed by atoms with van der Waals surface area (Å²) in [5.74, 6) is -0.475. The molecule has 1 atom stereocenters. The molecule has 1 amide bonds. The van der Waals surface area contributed by atoms with E-state index in [9.17, 15) is 14.0 Å². The summed E-state index contributed by atoms with van der Waals surface area (Å²) >= 11 is 0. The summed E-state index contributed by atoms with van der Waals surface area (Å²) < 4.78 is 13.4. The number of Topliss-reactive ketones (excluding diaryl/α,β-unsaturated/α-hetero) is 1. The minimum absolute atomic E-state index is 0.0441. The predicted octanol–water partition coefficient (Wildman–Crippen LogP) is 3.11. The van der Waals surface area contributed by atoms with Crippen molar-refractivity contribution >= 4 is 11.7 Å². The Morgan fingerprint density at radius 1 is 1.30 bits per heavy atom. The molecular weight excluding hydrogens is 257 g/mol. The first-order chi connectivity index (χ1) is 9.47. The fourth-order valence-electron chi connectivity index (χ4n) is 2.84. The molecule has 0 aromatic heterocycles. The molecule has 4 heteroatoms. The lowest BCUT2D eigenvalue weighted by Gasteiger charge is -2.35. The number of hydrogen-bond donors (Lipinski definition) is 0. The second kappa shape index (κ2) is 6.16. The SMILES string of the molecule is CC(=O)CC1CCCCN1C(=O)c1cc(C)cc(F)c1. The molecule has 1 aliphatic heterocycles. The van der Waals surface area contributed by atoms with Crippen molar-refractivity contribution in [3.8, 4) is 0 Å². The molecule has 1 aromatic carbocycles. The summed E-state index contributed by atoms with van der Waals surface area (Å²) in [7, 11) is 0. The number of benzene rings is 1. The summed E-state index contributed by atoms with van der Waals surface area (Å²) in [6.45, 7) is 3.96. The highest BCUT2D eigenvalue weighted by atomic mass is 19.1. The fourth-order valence-corrected chi connectivity index (χ4v) is 2.84. The Bertz CT molecular complexity index is 507. The average Bonchev–Trinajstić information content (AvgIpc) is 2.36. The molecule has 2 rings (SSSR count). The molecule has 0 N–H and O–H groups in total. The van der Waals surface area contributed by atoms with Gasteiger partial charge in [-0.15, -0.1) is 0 Å². The number of ketones is 1. The normalized spacial score (nSPS) is 18.9. The number of nitrogens with zero attached hydrogens (tertiary/aromatic N) is 1. The lowest BCUT2D eigenvalue weighted by Crippen LogP contribution is -2.44. The van der Waals surface area contributed by atoms with Gasteiger partial charge in [0, 0.05) is 24.6 Å². The summed E-state index contributed by atoms with van der Waals surface area (Å²) in [5, 5.41) is 0. The van der Waals surface area contributed by atoms with E-state index in [2.05, 4.69) is 0 Å². The molecule has 0 bridgehead atoms. The second-order valence-electron chi connectivity index (χ2n) is 5.57. The predicted molar refractivity (Wildman–Crippen MR) is 75.1 cm³/mol. The van der Waals surface area contributed by atoms with Crippen LogP contribution in [0.4, 0.5) is 4.39 Å². The minimum Gasteiger partial charge on any atom is -0.335 e. The summed E-state index contributed by atoms with van der Waals surface area (Å²) in [6.07, 6.45) is 3.21.